The molecule has 1 aromatic carbocycles. The fraction of sp³-hybridized carbons (Fsp3) is 0.231. The number of ether oxygens (including phenoxy) is 2. The van der Waals surface area contributed by atoms with Crippen LogP contribution in [0.2, 0.25) is 5.02 Å². The Morgan fingerprint density at radius 1 is 1.28 bits per heavy atom. The van der Waals surface area contributed by atoms with Gasteiger partial charge in [0.1, 0.15) is 0 Å². The lowest BCUT2D eigenvalue weighted by molar-refractivity contribution is 0.173. The molecule has 0 bridgehead atoms. The molecule has 0 radical (unpaired) electrons. The first-order valence-corrected chi connectivity index (χ1v) is 6.90. The van der Waals surface area contributed by atoms with Crippen molar-refractivity contribution < 1.29 is 9.47 Å². The average molecular weight is 282 g/mol. The second kappa shape index (κ2) is 5.18. The lowest BCUT2D eigenvalue weighted by Gasteiger charge is -2.06. The van der Waals surface area contributed by atoms with Crippen molar-refractivity contribution in [2.45, 2.75) is 13.1 Å². The number of rotatable bonds is 4. The van der Waals surface area contributed by atoms with Gasteiger partial charge >= 0.3 is 0 Å². The summed E-state index contributed by atoms with van der Waals surface area (Å²) in [5.41, 5.74) is 1.12. The third-order valence-corrected chi connectivity index (χ3v) is 4.00. The Balaban J connectivity index is 1.62. The van der Waals surface area contributed by atoms with E-state index in [4.69, 9.17) is 21.1 Å². The third kappa shape index (κ3) is 2.46. The maximum atomic E-state index is 5.88. The van der Waals surface area contributed by atoms with E-state index in [1.165, 1.54) is 4.88 Å². The molecule has 0 saturated heterocycles. The summed E-state index contributed by atoms with van der Waals surface area (Å²) < 4.78 is 10.8. The topological polar surface area (TPSA) is 30.5 Å². The predicted octanol–water partition coefficient (Wildman–Crippen LogP) is 3.42. The molecule has 1 N–H and O–H groups in total. The van der Waals surface area contributed by atoms with E-state index >= 15 is 0 Å². The van der Waals surface area contributed by atoms with E-state index in [1.54, 1.807) is 11.3 Å². The molecule has 0 atom stereocenters. The molecule has 1 aromatic heterocycles. The van der Waals surface area contributed by atoms with Gasteiger partial charge in [0.05, 0.1) is 5.02 Å². The van der Waals surface area contributed by atoms with Crippen LogP contribution in [0.25, 0.3) is 0 Å². The van der Waals surface area contributed by atoms with E-state index in [0.717, 1.165) is 35.2 Å². The van der Waals surface area contributed by atoms with Gasteiger partial charge in [-0.1, -0.05) is 23.7 Å². The Kier molecular flexibility index (Phi) is 3.41. The van der Waals surface area contributed by atoms with E-state index in [0.29, 0.717) is 6.79 Å². The van der Waals surface area contributed by atoms with E-state index in [-0.39, 0.29) is 0 Å². The number of halogens is 1. The second-order valence-electron chi connectivity index (χ2n) is 3.99. The first kappa shape index (κ1) is 11.8. The van der Waals surface area contributed by atoms with Gasteiger partial charge in [-0.25, -0.2) is 0 Å². The maximum absolute atomic E-state index is 5.88. The summed E-state index contributed by atoms with van der Waals surface area (Å²) in [7, 11) is 0. The van der Waals surface area contributed by atoms with Crippen molar-refractivity contribution in [2.75, 3.05) is 6.79 Å². The normalized spacial score (nSPS) is 12.9. The summed E-state index contributed by atoms with van der Waals surface area (Å²) >= 11 is 7.54. The van der Waals surface area contributed by atoms with Gasteiger partial charge in [0.25, 0.3) is 0 Å². The van der Waals surface area contributed by atoms with Crippen molar-refractivity contribution in [3.63, 3.8) is 0 Å². The van der Waals surface area contributed by atoms with E-state index < -0.39 is 0 Å². The van der Waals surface area contributed by atoms with Crippen LogP contribution in [0.3, 0.4) is 0 Å². The monoisotopic (exact) mass is 281 g/mol. The SMILES string of the molecule is Clc1csc(CNCc2cccc3c2OCO3)c1. The number of hydrogen-bond acceptors (Lipinski definition) is 4. The van der Waals surface area contributed by atoms with Crippen LogP contribution in [0.15, 0.2) is 29.6 Å². The highest BCUT2D eigenvalue weighted by Gasteiger charge is 2.16. The molecule has 0 aliphatic carbocycles. The van der Waals surface area contributed by atoms with Crippen LogP contribution < -0.4 is 14.8 Å². The Bertz CT molecular complexity index is 556. The molecule has 0 fully saturated rings. The van der Waals surface area contributed by atoms with Crippen LogP contribution in [0.5, 0.6) is 11.5 Å². The van der Waals surface area contributed by atoms with Gasteiger partial charge in [0, 0.05) is 28.9 Å². The zero-order valence-electron chi connectivity index (χ0n) is 9.61. The number of fused-ring (bicyclic) bond motifs is 1. The fourth-order valence-electron chi connectivity index (χ4n) is 1.90. The zero-order valence-corrected chi connectivity index (χ0v) is 11.2. The van der Waals surface area contributed by atoms with Crippen molar-refractivity contribution in [1.82, 2.24) is 5.32 Å². The molecule has 0 amide bonds. The molecule has 0 saturated carbocycles. The lowest BCUT2D eigenvalue weighted by Crippen LogP contribution is -2.12. The predicted molar refractivity (Wildman–Crippen MR) is 72.4 cm³/mol. The average Bonchev–Trinajstić information content (AvgIpc) is 2.98. The molecule has 0 spiro atoms. The molecule has 18 heavy (non-hydrogen) atoms. The zero-order chi connectivity index (χ0) is 12.4. The van der Waals surface area contributed by atoms with Crippen molar-refractivity contribution in [3.05, 3.63) is 45.1 Å². The highest BCUT2D eigenvalue weighted by atomic mass is 35.5. The van der Waals surface area contributed by atoms with E-state index in [9.17, 15) is 0 Å². The molecule has 5 heteroatoms. The van der Waals surface area contributed by atoms with Crippen LogP contribution in [0, 0.1) is 0 Å². The Morgan fingerprint density at radius 3 is 3.06 bits per heavy atom. The number of hydrogen-bond donors (Lipinski definition) is 1. The van der Waals surface area contributed by atoms with Crippen LogP contribution in [-0.2, 0) is 13.1 Å². The Morgan fingerprint density at radius 2 is 2.22 bits per heavy atom. The molecule has 94 valence electrons. The van der Waals surface area contributed by atoms with Crippen molar-refractivity contribution >= 4 is 22.9 Å². The van der Waals surface area contributed by atoms with Crippen molar-refractivity contribution in [1.29, 1.82) is 0 Å². The molecule has 2 heterocycles. The van der Waals surface area contributed by atoms with Crippen LogP contribution in [-0.4, -0.2) is 6.79 Å². The molecule has 3 rings (SSSR count). The standard InChI is InChI=1S/C13H12ClNO2S/c14-10-4-11(18-7-10)6-15-5-9-2-1-3-12-13(9)17-8-16-12/h1-4,7,15H,5-6,8H2. The first-order chi connectivity index (χ1) is 8.83. The highest BCUT2D eigenvalue weighted by Crippen LogP contribution is 2.35. The maximum Gasteiger partial charge on any atom is 0.231 e. The van der Waals surface area contributed by atoms with Gasteiger partial charge < -0.3 is 14.8 Å². The van der Waals surface area contributed by atoms with E-state index in [1.807, 2.05) is 29.6 Å². The minimum atomic E-state index is 0.312. The smallest absolute Gasteiger partial charge is 0.231 e. The van der Waals surface area contributed by atoms with Crippen molar-refractivity contribution in [3.8, 4) is 11.5 Å². The highest BCUT2D eigenvalue weighted by molar-refractivity contribution is 7.10. The van der Waals surface area contributed by atoms with Gasteiger partial charge in [-0.15, -0.1) is 11.3 Å². The summed E-state index contributed by atoms with van der Waals surface area (Å²) in [5, 5.41) is 6.12. The molecular formula is C13H12ClNO2S. The summed E-state index contributed by atoms with van der Waals surface area (Å²) in [6, 6.07) is 7.92. The first-order valence-electron chi connectivity index (χ1n) is 5.64. The quantitative estimate of drug-likeness (QED) is 0.931. The van der Waals surface area contributed by atoms with Crippen molar-refractivity contribution in [2.24, 2.45) is 0 Å². The minimum absolute atomic E-state index is 0.312. The number of nitrogens with one attached hydrogen (secondary N) is 1. The van der Waals surface area contributed by atoms with Gasteiger partial charge in [-0.05, 0) is 12.1 Å². The Hall–Kier alpha value is -1.23. The lowest BCUT2D eigenvalue weighted by atomic mass is 10.2. The molecular weight excluding hydrogens is 270 g/mol. The van der Waals surface area contributed by atoms with Gasteiger partial charge in [0.15, 0.2) is 11.5 Å². The summed E-state index contributed by atoms with van der Waals surface area (Å²) in [5.74, 6) is 1.68. The third-order valence-electron chi connectivity index (χ3n) is 2.71. The van der Waals surface area contributed by atoms with Crippen LogP contribution >= 0.6 is 22.9 Å². The second-order valence-corrected chi connectivity index (χ2v) is 5.42. The summed E-state index contributed by atoms with van der Waals surface area (Å²) in [4.78, 5) is 1.23. The molecule has 1 aliphatic rings. The molecule has 1 aliphatic heterocycles. The molecule has 2 aromatic rings. The van der Waals surface area contributed by atoms with Gasteiger partial charge in [-0.2, -0.15) is 0 Å². The largest absolute Gasteiger partial charge is 0.454 e. The summed E-state index contributed by atoms with van der Waals surface area (Å²) in [6.45, 7) is 1.87. The molecule has 3 nitrogen and oxygen atoms in total. The van der Waals surface area contributed by atoms with Crippen LogP contribution in [0.4, 0.5) is 0 Å². The van der Waals surface area contributed by atoms with E-state index in [2.05, 4.69) is 5.32 Å². The van der Waals surface area contributed by atoms with Gasteiger partial charge in [0.2, 0.25) is 6.79 Å². The number of thiophene rings is 1. The molecule has 0 unspecified atom stereocenters. The summed E-state index contributed by atoms with van der Waals surface area (Å²) in [6.07, 6.45) is 0. The number of benzene rings is 1. The number of para-hydroxylation sites is 1. The fourth-order valence-corrected chi connectivity index (χ4v) is 2.94. The Labute approximate surface area is 114 Å². The van der Waals surface area contributed by atoms with Gasteiger partial charge in [-0.3, -0.25) is 0 Å². The minimum Gasteiger partial charge on any atom is -0.454 e. The van der Waals surface area contributed by atoms with Crippen LogP contribution in [0.1, 0.15) is 10.4 Å².